The Labute approximate surface area is 166 Å². The van der Waals surface area contributed by atoms with Crippen molar-refractivity contribution in [2.45, 2.75) is 33.2 Å². The fourth-order valence-electron chi connectivity index (χ4n) is 3.36. The Kier molecular flexibility index (Phi) is 6.30. The molecule has 0 bridgehead atoms. The third kappa shape index (κ3) is 4.40. The van der Waals surface area contributed by atoms with E-state index in [9.17, 15) is 4.79 Å². The lowest BCUT2D eigenvalue weighted by molar-refractivity contribution is -0.134. The van der Waals surface area contributed by atoms with Crippen LogP contribution in [0.3, 0.4) is 0 Å². The summed E-state index contributed by atoms with van der Waals surface area (Å²) in [6, 6.07) is 15.9. The Balaban J connectivity index is 1.93. The van der Waals surface area contributed by atoms with Crippen LogP contribution in [0.15, 0.2) is 53.6 Å². The van der Waals surface area contributed by atoms with Gasteiger partial charge in [-0.25, -0.2) is 5.01 Å². The second kappa shape index (κ2) is 8.68. The summed E-state index contributed by atoms with van der Waals surface area (Å²) in [6.07, 6.45) is 0.663. The molecule has 1 aliphatic heterocycles. The Morgan fingerprint density at radius 3 is 2.44 bits per heavy atom. The van der Waals surface area contributed by atoms with Crippen molar-refractivity contribution >= 4 is 23.2 Å². The first-order valence-electron chi connectivity index (χ1n) is 9.46. The standard InChI is InChI=1S/C22H26ClN3O/c1-4-25(5-2)15-22(27)26-21(17-12-10-16(3)11-13-17)14-20(24-26)18-8-6-7-9-19(18)23/h6-13,21H,4-5,14-15H2,1-3H3. The number of nitrogens with zero attached hydrogens (tertiary/aromatic N) is 3. The average molecular weight is 384 g/mol. The molecule has 0 spiro atoms. The first-order chi connectivity index (χ1) is 13.0. The van der Waals surface area contributed by atoms with Gasteiger partial charge in [0.15, 0.2) is 0 Å². The number of likely N-dealkylation sites (N-methyl/N-ethyl adjacent to an activating group) is 1. The largest absolute Gasteiger partial charge is 0.295 e. The van der Waals surface area contributed by atoms with Gasteiger partial charge in [-0.2, -0.15) is 5.10 Å². The Morgan fingerprint density at radius 2 is 1.81 bits per heavy atom. The number of halogens is 1. The molecule has 3 rings (SSSR count). The maximum absolute atomic E-state index is 13.0. The van der Waals surface area contributed by atoms with Gasteiger partial charge in [0.25, 0.3) is 5.91 Å². The molecule has 0 fully saturated rings. The first kappa shape index (κ1) is 19.6. The third-order valence-corrected chi connectivity index (χ3v) is 5.40. The second-order valence-corrected chi connectivity index (χ2v) is 7.26. The molecule has 2 aromatic carbocycles. The predicted molar refractivity (Wildman–Crippen MR) is 111 cm³/mol. The van der Waals surface area contributed by atoms with E-state index in [1.54, 1.807) is 5.01 Å². The maximum Gasteiger partial charge on any atom is 0.257 e. The van der Waals surface area contributed by atoms with Crippen molar-refractivity contribution in [3.63, 3.8) is 0 Å². The lowest BCUT2D eigenvalue weighted by atomic mass is 9.97. The van der Waals surface area contributed by atoms with Crippen LogP contribution in [0.2, 0.25) is 5.02 Å². The van der Waals surface area contributed by atoms with E-state index in [4.69, 9.17) is 16.7 Å². The molecule has 0 aromatic heterocycles. The van der Waals surface area contributed by atoms with Crippen LogP contribution < -0.4 is 0 Å². The van der Waals surface area contributed by atoms with Gasteiger partial charge in [-0.3, -0.25) is 9.69 Å². The van der Waals surface area contributed by atoms with Gasteiger partial charge in [0.2, 0.25) is 0 Å². The van der Waals surface area contributed by atoms with Gasteiger partial charge in [-0.05, 0) is 31.6 Å². The number of hydrazone groups is 1. The summed E-state index contributed by atoms with van der Waals surface area (Å²) in [5.41, 5.74) is 4.05. The molecular formula is C22H26ClN3O. The Bertz CT molecular complexity index is 828. The van der Waals surface area contributed by atoms with Crippen molar-refractivity contribution in [1.29, 1.82) is 0 Å². The molecule has 0 radical (unpaired) electrons. The number of benzene rings is 2. The Morgan fingerprint density at radius 1 is 1.15 bits per heavy atom. The molecule has 0 aliphatic carbocycles. The smallest absolute Gasteiger partial charge is 0.257 e. The highest BCUT2D eigenvalue weighted by molar-refractivity contribution is 6.34. The van der Waals surface area contributed by atoms with Crippen molar-refractivity contribution in [2.75, 3.05) is 19.6 Å². The molecular weight excluding hydrogens is 358 g/mol. The molecule has 4 nitrogen and oxygen atoms in total. The van der Waals surface area contributed by atoms with Gasteiger partial charge in [0, 0.05) is 17.0 Å². The minimum atomic E-state index is -0.0973. The fourth-order valence-corrected chi connectivity index (χ4v) is 3.60. The molecule has 0 saturated heterocycles. The number of carbonyl (C=O) groups excluding carboxylic acids is 1. The monoisotopic (exact) mass is 383 g/mol. The summed E-state index contributed by atoms with van der Waals surface area (Å²) in [4.78, 5) is 15.1. The van der Waals surface area contributed by atoms with E-state index in [1.807, 2.05) is 24.3 Å². The van der Waals surface area contributed by atoms with Crippen LogP contribution in [0, 0.1) is 6.92 Å². The van der Waals surface area contributed by atoms with Gasteiger partial charge < -0.3 is 0 Å². The fraction of sp³-hybridized carbons (Fsp3) is 0.364. The van der Waals surface area contributed by atoms with Crippen LogP contribution in [-0.2, 0) is 4.79 Å². The molecule has 0 N–H and O–H groups in total. The van der Waals surface area contributed by atoms with Gasteiger partial charge >= 0.3 is 0 Å². The lowest BCUT2D eigenvalue weighted by Crippen LogP contribution is -2.38. The zero-order chi connectivity index (χ0) is 19.4. The lowest BCUT2D eigenvalue weighted by Gasteiger charge is -2.25. The molecule has 27 heavy (non-hydrogen) atoms. The molecule has 1 atom stereocenters. The van der Waals surface area contributed by atoms with Crippen molar-refractivity contribution < 1.29 is 4.79 Å². The van der Waals surface area contributed by atoms with E-state index in [-0.39, 0.29) is 11.9 Å². The highest BCUT2D eigenvalue weighted by Gasteiger charge is 2.33. The molecule has 5 heteroatoms. The van der Waals surface area contributed by atoms with Crippen LogP contribution in [-0.4, -0.2) is 41.2 Å². The molecule has 0 saturated carbocycles. The summed E-state index contributed by atoms with van der Waals surface area (Å²) in [7, 11) is 0. The quantitative estimate of drug-likeness (QED) is 0.726. The SMILES string of the molecule is CCN(CC)CC(=O)N1N=C(c2ccccc2Cl)CC1c1ccc(C)cc1. The normalized spacial score (nSPS) is 16.7. The third-order valence-electron chi connectivity index (χ3n) is 5.07. The average Bonchev–Trinajstić information content (AvgIpc) is 3.12. The molecule has 1 amide bonds. The molecule has 2 aromatic rings. The zero-order valence-electron chi connectivity index (χ0n) is 16.2. The summed E-state index contributed by atoms with van der Waals surface area (Å²) >= 11 is 6.38. The van der Waals surface area contributed by atoms with Crippen LogP contribution in [0.25, 0.3) is 0 Å². The predicted octanol–water partition coefficient (Wildman–Crippen LogP) is 4.67. The van der Waals surface area contributed by atoms with E-state index in [0.717, 1.165) is 29.9 Å². The minimum absolute atomic E-state index is 0.0197. The van der Waals surface area contributed by atoms with Crippen molar-refractivity contribution in [3.8, 4) is 0 Å². The van der Waals surface area contributed by atoms with Gasteiger partial charge in [-0.1, -0.05) is 73.5 Å². The van der Waals surface area contributed by atoms with Crippen LogP contribution in [0.5, 0.6) is 0 Å². The topological polar surface area (TPSA) is 35.9 Å². The van der Waals surface area contributed by atoms with E-state index in [2.05, 4.69) is 49.9 Å². The number of carbonyl (C=O) groups is 1. The number of amides is 1. The van der Waals surface area contributed by atoms with E-state index in [0.29, 0.717) is 18.0 Å². The minimum Gasteiger partial charge on any atom is -0.295 e. The van der Waals surface area contributed by atoms with Crippen molar-refractivity contribution in [3.05, 3.63) is 70.2 Å². The van der Waals surface area contributed by atoms with Crippen LogP contribution >= 0.6 is 11.6 Å². The van der Waals surface area contributed by atoms with E-state index < -0.39 is 0 Å². The number of hydrogen-bond acceptors (Lipinski definition) is 3. The van der Waals surface area contributed by atoms with Crippen LogP contribution in [0.4, 0.5) is 0 Å². The summed E-state index contributed by atoms with van der Waals surface area (Å²) in [6.45, 7) is 8.24. The van der Waals surface area contributed by atoms with E-state index >= 15 is 0 Å². The molecule has 1 unspecified atom stereocenters. The van der Waals surface area contributed by atoms with Gasteiger partial charge in [0.1, 0.15) is 0 Å². The highest BCUT2D eigenvalue weighted by Crippen LogP contribution is 2.34. The second-order valence-electron chi connectivity index (χ2n) is 6.86. The number of aryl methyl sites for hydroxylation is 1. The maximum atomic E-state index is 13.0. The Hall–Kier alpha value is -2.17. The first-order valence-corrected chi connectivity index (χ1v) is 9.84. The highest BCUT2D eigenvalue weighted by atomic mass is 35.5. The van der Waals surface area contributed by atoms with Crippen molar-refractivity contribution in [1.82, 2.24) is 9.91 Å². The molecule has 1 aliphatic rings. The van der Waals surface area contributed by atoms with Gasteiger partial charge in [0.05, 0.1) is 18.3 Å². The van der Waals surface area contributed by atoms with Crippen molar-refractivity contribution in [2.24, 2.45) is 5.10 Å². The molecule has 142 valence electrons. The van der Waals surface area contributed by atoms with Gasteiger partial charge in [-0.15, -0.1) is 0 Å². The number of hydrogen-bond donors (Lipinski definition) is 0. The summed E-state index contributed by atoms with van der Waals surface area (Å²) < 4.78 is 0. The summed E-state index contributed by atoms with van der Waals surface area (Å²) in [5.74, 6) is 0.0197. The molecule has 1 heterocycles. The summed E-state index contributed by atoms with van der Waals surface area (Å²) in [5, 5.41) is 7.03. The van der Waals surface area contributed by atoms with E-state index in [1.165, 1.54) is 5.56 Å². The zero-order valence-corrected chi connectivity index (χ0v) is 16.9. The van der Waals surface area contributed by atoms with Crippen LogP contribution in [0.1, 0.15) is 43.0 Å². The number of rotatable bonds is 6.